The van der Waals surface area contributed by atoms with E-state index in [1.807, 2.05) is 65.6 Å². The van der Waals surface area contributed by atoms with E-state index in [4.69, 9.17) is 21.1 Å². The number of carbonyl (C=O) groups is 2. The van der Waals surface area contributed by atoms with Gasteiger partial charge in [-0.3, -0.25) is 9.59 Å². The zero-order valence-corrected chi connectivity index (χ0v) is 23.4. The highest BCUT2D eigenvalue weighted by Crippen LogP contribution is 2.31. The minimum atomic E-state index is -0.272. The third-order valence-corrected chi connectivity index (χ3v) is 7.50. The quantitative estimate of drug-likeness (QED) is 0.191. The molecule has 9 nitrogen and oxygen atoms in total. The van der Waals surface area contributed by atoms with Gasteiger partial charge in [0, 0.05) is 37.0 Å². The molecule has 6 rings (SSSR count). The molecule has 0 saturated carbocycles. The lowest BCUT2D eigenvalue weighted by Gasteiger charge is -2.25. The summed E-state index contributed by atoms with van der Waals surface area (Å²) in [5, 5.41) is 4.19. The molecule has 1 amide bonds. The molecule has 3 heterocycles. The first kappa shape index (κ1) is 27.3. The number of aromatic nitrogens is 3. The van der Waals surface area contributed by atoms with Crippen LogP contribution in [-0.4, -0.2) is 57.3 Å². The van der Waals surface area contributed by atoms with Gasteiger partial charge in [-0.1, -0.05) is 48.0 Å². The van der Waals surface area contributed by atoms with E-state index >= 15 is 0 Å². The summed E-state index contributed by atoms with van der Waals surface area (Å²) in [4.78, 5) is 40.3. The molecule has 1 atom stereocenters. The van der Waals surface area contributed by atoms with E-state index in [9.17, 15) is 9.59 Å². The van der Waals surface area contributed by atoms with E-state index in [2.05, 4.69) is 20.3 Å². The summed E-state index contributed by atoms with van der Waals surface area (Å²) in [6.45, 7) is 1.11. The molecule has 10 heteroatoms. The molecule has 5 aromatic rings. The summed E-state index contributed by atoms with van der Waals surface area (Å²) in [6.07, 6.45) is 4.80. The zero-order chi connectivity index (χ0) is 28.9. The maximum atomic E-state index is 13.7. The van der Waals surface area contributed by atoms with Crippen LogP contribution >= 0.6 is 11.6 Å². The van der Waals surface area contributed by atoms with Crippen LogP contribution in [0.3, 0.4) is 0 Å². The maximum absolute atomic E-state index is 13.7. The number of hydrogen-bond donors (Lipinski definition) is 2. The van der Waals surface area contributed by atoms with Crippen molar-refractivity contribution in [2.75, 3.05) is 25.0 Å². The molecule has 1 fully saturated rings. The van der Waals surface area contributed by atoms with Crippen molar-refractivity contribution in [1.82, 2.24) is 19.9 Å². The highest BCUT2D eigenvalue weighted by atomic mass is 35.5. The Hall–Kier alpha value is -4.89. The number of anilines is 1. The number of rotatable bonds is 10. The van der Waals surface area contributed by atoms with Gasteiger partial charge in [0.2, 0.25) is 0 Å². The average molecular weight is 582 g/mol. The van der Waals surface area contributed by atoms with E-state index in [1.165, 1.54) is 6.33 Å². The van der Waals surface area contributed by atoms with Crippen molar-refractivity contribution in [2.45, 2.75) is 18.9 Å². The standard InChI is InChI=1S/C32H28ClN5O4/c33-27-16-24(42-23-11-5-2-6-12-23)13-14-25(27)30(40)26-18-35-32-29(26)31(36-20-37-32)34-17-21-8-7-15-38(21)28(39)19-41-22-9-3-1-4-10-22/h1-6,9-14,16,18,20-21H,7-8,15,17,19H2,(H2,34,35,36,37). The Morgan fingerprint density at radius 2 is 1.71 bits per heavy atom. The number of ketones is 1. The maximum Gasteiger partial charge on any atom is 0.260 e. The lowest BCUT2D eigenvalue weighted by atomic mass is 10.0. The minimum Gasteiger partial charge on any atom is -0.484 e. The van der Waals surface area contributed by atoms with Gasteiger partial charge in [-0.15, -0.1) is 0 Å². The van der Waals surface area contributed by atoms with Crippen molar-refractivity contribution in [3.8, 4) is 17.2 Å². The van der Waals surface area contributed by atoms with Crippen molar-refractivity contribution in [3.63, 3.8) is 0 Å². The van der Waals surface area contributed by atoms with Gasteiger partial charge < -0.3 is 24.7 Å². The number of carbonyl (C=O) groups excluding carboxylic acids is 2. The van der Waals surface area contributed by atoms with Crippen LogP contribution in [0.1, 0.15) is 28.8 Å². The molecule has 42 heavy (non-hydrogen) atoms. The van der Waals surface area contributed by atoms with Gasteiger partial charge in [-0.05, 0) is 49.2 Å². The van der Waals surface area contributed by atoms with Gasteiger partial charge in [0.1, 0.15) is 35.0 Å². The summed E-state index contributed by atoms with van der Waals surface area (Å²) >= 11 is 6.55. The van der Waals surface area contributed by atoms with Crippen LogP contribution < -0.4 is 14.8 Å². The van der Waals surface area contributed by atoms with Crippen LogP contribution in [0.15, 0.2) is 91.4 Å². The van der Waals surface area contributed by atoms with Crippen molar-refractivity contribution >= 4 is 40.1 Å². The fourth-order valence-electron chi connectivity index (χ4n) is 5.12. The number of nitrogens with one attached hydrogen (secondary N) is 2. The van der Waals surface area contributed by atoms with Gasteiger partial charge in [0.05, 0.1) is 16.0 Å². The third-order valence-electron chi connectivity index (χ3n) is 7.19. The third kappa shape index (κ3) is 5.91. The first-order chi connectivity index (χ1) is 20.6. The molecule has 1 saturated heterocycles. The first-order valence-electron chi connectivity index (χ1n) is 13.7. The minimum absolute atomic E-state index is 0.0232. The molecule has 2 N–H and O–H groups in total. The van der Waals surface area contributed by atoms with Gasteiger partial charge >= 0.3 is 0 Å². The number of para-hydroxylation sites is 2. The largest absolute Gasteiger partial charge is 0.484 e. The zero-order valence-electron chi connectivity index (χ0n) is 22.6. The fourth-order valence-corrected chi connectivity index (χ4v) is 5.38. The van der Waals surface area contributed by atoms with Crippen LogP contribution in [0.2, 0.25) is 5.02 Å². The first-order valence-corrected chi connectivity index (χ1v) is 14.0. The summed E-state index contributed by atoms with van der Waals surface area (Å²) in [7, 11) is 0. The van der Waals surface area contributed by atoms with Crippen molar-refractivity contribution in [3.05, 3.63) is 108 Å². The molecular formula is C32H28ClN5O4. The second-order valence-corrected chi connectivity index (χ2v) is 10.3. The number of likely N-dealkylation sites (tertiary alicyclic amines) is 1. The number of fused-ring (bicyclic) bond motifs is 1. The predicted octanol–water partition coefficient (Wildman–Crippen LogP) is 6.12. The number of nitrogens with zero attached hydrogens (tertiary/aromatic N) is 3. The smallest absolute Gasteiger partial charge is 0.260 e. The molecule has 1 unspecified atom stereocenters. The number of hydrogen-bond acceptors (Lipinski definition) is 7. The summed E-state index contributed by atoms with van der Waals surface area (Å²) < 4.78 is 11.5. The Kier molecular flexibility index (Phi) is 8.00. The number of H-pyrrole nitrogens is 1. The van der Waals surface area contributed by atoms with Crippen LogP contribution in [0.25, 0.3) is 11.0 Å². The van der Waals surface area contributed by atoms with E-state index in [-0.39, 0.29) is 29.4 Å². The Bertz CT molecular complexity index is 1710. The number of halogens is 1. The average Bonchev–Trinajstić information content (AvgIpc) is 3.68. The van der Waals surface area contributed by atoms with E-state index in [0.29, 0.717) is 58.3 Å². The summed E-state index contributed by atoms with van der Waals surface area (Å²) in [5.74, 6) is 2.02. The van der Waals surface area contributed by atoms with Gasteiger partial charge in [0.15, 0.2) is 12.4 Å². The van der Waals surface area contributed by atoms with Crippen LogP contribution in [0, 0.1) is 0 Å². The molecule has 0 spiro atoms. The van der Waals surface area contributed by atoms with Crippen LogP contribution in [0.5, 0.6) is 17.2 Å². The van der Waals surface area contributed by atoms with Gasteiger partial charge in [0.25, 0.3) is 5.91 Å². The SMILES string of the molecule is O=C(c1ccc(Oc2ccccc2)cc1Cl)c1c[nH]c2ncnc(NCC3CCCN3C(=O)COc3ccccc3)c12. The molecule has 0 aliphatic carbocycles. The highest BCUT2D eigenvalue weighted by molar-refractivity contribution is 6.35. The Morgan fingerprint density at radius 1 is 0.952 bits per heavy atom. The second-order valence-electron chi connectivity index (χ2n) is 9.90. The van der Waals surface area contributed by atoms with E-state index in [0.717, 1.165) is 12.8 Å². The molecule has 212 valence electrons. The number of benzene rings is 3. The number of ether oxygens (including phenoxy) is 2. The molecule has 3 aromatic carbocycles. The Balaban J connectivity index is 1.16. The molecule has 0 bridgehead atoms. The van der Waals surface area contributed by atoms with Crippen LogP contribution in [0.4, 0.5) is 5.82 Å². The molecule has 1 aliphatic rings. The second kappa shape index (κ2) is 12.3. The van der Waals surface area contributed by atoms with Gasteiger partial charge in [-0.25, -0.2) is 9.97 Å². The lowest BCUT2D eigenvalue weighted by Crippen LogP contribution is -2.42. The fraction of sp³-hybridized carbons (Fsp3) is 0.188. The normalized spacial score (nSPS) is 14.6. The van der Waals surface area contributed by atoms with Crippen molar-refractivity contribution in [2.24, 2.45) is 0 Å². The van der Waals surface area contributed by atoms with Crippen LogP contribution in [-0.2, 0) is 4.79 Å². The van der Waals surface area contributed by atoms with E-state index < -0.39 is 0 Å². The molecule has 1 aliphatic heterocycles. The summed E-state index contributed by atoms with van der Waals surface area (Å²) in [6, 6.07) is 23.6. The summed E-state index contributed by atoms with van der Waals surface area (Å²) in [5.41, 5.74) is 1.24. The molecular weight excluding hydrogens is 554 g/mol. The Labute approximate surface area is 247 Å². The van der Waals surface area contributed by atoms with Crippen molar-refractivity contribution < 1.29 is 19.1 Å². The molecule has 0 radical (unpaired) electrons. The van der Waals surface area contributed by atoms with Gasteiger partial charge in [-0.2, -0.15) is 0 Å². The topological polar surface area (TPSA) is 109 Å². The number of amides is 1. The predicted molar refractivity (Wildman–Crippen MR) is 160 cm³/mol. The molecule has 2 aromatic heterocycles. The highest BCUT2D eigenvalue weighted by Gasteiger charge is 2.29. The van der Waals surface area contributed by atoms with E-state index in [1.54, 1.807) is 24.4 Å². The number of aromatic amines is 1. The Morgan fingerprint density at radius 3 is 2.48 bits per heavy atom. The lowest BCUT2D eigenvalue weighted by molar-refractivity contribution is -0.133. The van der Waals surface area contributed by atoms with Crippen molar-refractivity contribution in [1.29, 1.82) is 0 Å². The monoisotopic (exact) mass is 581 g/mol.